The molecule has 0 aliphatic heterocycles. The number of carbonyl (C=O) groups excluding carboxylic acids is 2. The van der Waals surface area contributed by atoms with E-state index in [9.17, 15) is 9.59 Å². The van der Waals surface area contributed by atoms with Gasteiger partial charge in [0.25, 0.3) is 0 Å². The van der Waals surface area contributed by atoms with Crippen LogP contribution >= 0.6 is 0 Å². The van der Waals surface area contributed by atoms with Crippen molar-refractivity contribution in [1.29, 1.82) is 0 Å². The van der Waals surface area contributed by atoms with Gasteiger partial charge in [-0.2, -0.15) is 0 Å². The zero-order chi connectivity index (χ0) is 8.36. The Morgan fingerprint density at radius 1 is 1.40 bits per heavy atom. The van der Waals surface area contributed by atoms with Crippen molar-refractivity contribution in [3.8, 4) is 0 Å². The van der Waals surface area contributed by atoms with E-state index in [0.29, 0.717) is 6.41 Å². The molecule has 0 fully saturated rings. The van der Waals surface area contributed by atoms with Gasteiger partial charge in [0.2, 0.25) is 12.3 Å². The summed E-state index contributed by atoms with van der Waals surface area (Å²) in [5, 5.41) is 0. The van der Waals surface area contributed by atoms with Gasteiger partial charge in [-0.1, -0.05) is 0 Å². The minimum absolute atomic E-state index is 0.220. The maximum absolute atomic E-state index is 10.7. The summed E-state index contributed by atoms with van der Waals surface area (Å²) in [5.74, 6) is -0.220. The maximum Gasteiger partial charge on any atom is 0.226 e. The molecule has 10 heavy (non-hydrogen) atoms. The fourth-order valence-corrected chi connectivity index (χ4v) is 0.705. The molecule has 3 heteroatoms. The lowest BCUT2D eigenvalue weighted by Crippen LogP contribution is -2.43. The average Bonchev–Trinajstić information content (AvgIpc) is 1.60. The molecule has 0 rings (SSSR count). The van der Waals surface area contributed by atoms with Crippen LogP contribution in [0.5, 0.6) is 0 Å². The molecule has 0 N–H and O–H groups in total. The van der Waals surface area contributed by atoms with Gasteiger partial charge in [0.15, 0.2) is 0 Å². The third-order valence-electron chi connectivity index (χ3n) is 1.17. The van der Waals surface area contributed by atoms with Crippen molar-refractivity contribution >= 4 is 12.3 Å². The van der Waals surface area contributed by atoms with Crippen LogP contribution in [0.3, 0.4) is 0 Å². The number of imide groups is 1. The van der Waals surface area contributed by atoms with Gasteiger partial charge in [-0.05, 0) is 20.8 Å². The molecule has 0 unspecified atom stereocenters. The van der Waals surface area contributed by atoms with Crippen LogP contribution in [-0.4, -0.2) is 22.8 Å². The number of hydrogen-bond donors (Lipinski definition) is 0. The first-order valence-electron chi connectivity index (χ1n) is 3.15. The first kappa shape index (κ1) is 9.14. The zero-order valence-electron chi connectivity index (χ0n) is 6.84. The molecule has 0 aliphatic rings. The van der Waals surface area contributed by atoms with Crippen LogP contribution in [0.25, 0.3) is 0 Å². The minimum Gasteiger partial charge on any atom is -0.280 e. The molecule has 0 aromatic carbocycles. The van der Waals surface area contributed by atoms with Crippen molar-refractivity contribution < 1.29 is 9.59 Å². The van der Waals surface area contributed by atoms with Crippen molar-refractivity contribution in [3.63, 3.8) is 0 Å². The highest BCUT2D eigenvalue weighted by molar-refractivity contribution is 5.85. The molecule has 0 aromatic heterocycles. The van der Waals surface area contributed by atoms with E-state index in [0.717, 1.165) is 4.90 Å². The van der Waals surface area contributed by atoms with Crippen LogP contribution < -0.4 is 0 Å². The molecular formula is C7H13NO2. The number of hydrogen-bond acceptors (Lipinski definition) is 2. The molecule has 0 aromatic rings. The second kappa shape index (κ2) is 2.82. The summed E-state index contributed by atoms with van der Waals surface area (Å²) in [6.45, 7) is 6.80. The molecule has 0 saturated carbocycles. The topological polar surface area (TPSA) is 37.4 Å². The lowest BCUT2D eigenvalue weighted by molar-refractivity contribution is -0.141. The van der Waals surface area contributed by atoms with Gasteiger partial charge in [0, 0.05) is 12.5 Å². The normalized spacial score (nSPS) is 10.8. The standard InChI is InChI=1S/C7H13NO2/c1-6(10)8(5-9)7(2,3)4/h5H,1-4H3. The van der Waals surface area contributed by atoms with Gasteiger partial charge >= 0.3 is 0 Å². The molecule has 2 amide bonds. The van der Waals surface area contributed by atoms with Crippen molar-refractivity contribution in [2.24, 2.45) is 0 Å². The highest BCUT2D eigenvalue weighted by Gasteiger charge is 2.22. The highest BCUT2D eigenvalue weighted by atomic mass is 16.2. The van der Waals surface area contributed by atoms with Crippen LogP contribution in [0.2, 0.25) is 0 Å². The quantitative estimate of drug-likeness (QED) is 0.509. The van der Waals surface area contributed by atoms with Crippen molar-refractivity contribution in [2.45, 2.75) is 33.2 Å². The summed E-state index contributed by atoms with van der Waals surface area (Å²) < 4.78 is 0. The third-order valence-corrected chi connectivity index (χ3v) is 1.17. The van der Waals surface area contributed by atoms with Gasteiger partial charge in [0.1, 0.15) is 0 Å². The van der Waals surface area contributed by atoms with Crippen LogP contribution in [0.4, 0.5) is 0 Å². The second-order valence-electron chi connectivity index (χ2n) is 3.17. The van der Waals surface area contributed by atoms with E-state index in [2.05, 4.69) is 0 Å². The van der Waals surface area contributed by atoms with E-state index in [4.69, 9.17) is 0 Å². The van der Waals surface area contributed by atoms with Crippen LogP contribution in [0.15, 0.2) is 0 Å². The van der Waals surface area contributed by atoms with Gasteiger partial charge in [-0.3, -0.25) is 14.5 Å². The van der Waals surface area contributed by atoms with Gasteiger partial charge in [0.05, 0.1) is 0 Å². The SMILES string of the molecule is CC(=O)N(C=O)C(C)(C)C. The van der Waals surface area contributed by atoms with Gasteiger partial charge in [-0.15, -0.1) is 0 Å². The lowest BCUT2D eigenvalue weighted by atomic mass is 10.1. The summed E-state index contributed by atoms with van der Waals surface area (Å²) in [6.07, 6.45) is 0.558. The van der Waals surface area contributed by atoms with Gasteiger partial charge in [-0.25, -0.2) is 0 Å². The number of carbonyl (C=O) groups is 2. The van der Waals surface area contributed by atoms with E-state index < -0.39 is 5.54 Å². The smallest absolute Gasteiger partial charge is 0.226 e. The summed E-state index contributed by atoms with van der Waals surface area (Å²) in [5.41, 5.74) is -0.395. The summed E-state index contributed by atoms with van der Waals surface area (Å²) in [4.78, 5) is 22.2. The third kappa shape index (κ3) is 2.17. The Bertz CT molecular complexity index is 146. The molecule has 0 atom stereocenters. The Morgan fingerprint density at radius 2 is 1.80 bits per heavy atom. The monoisotopic (exact) mass is 143 g/mol. The number of amides is 2. The van der Waals surface area contributed by atoms with E-state index in [1.165, 1.54) is 6.92 Å². The summed E-state index contributed by atoms with van der Waals surface area (Å²) in [7, 11) is 0. The average molecular weight is 143 g/mol. The molecule has 0 saturated heterocycles. The molecule has 58 valence electrons. The zero-order valence-corrected chi connectivity index (χ0v) is 6.84. The van der Waals surface area contributed by atoms with Crippen LogP contribution in [-0.2, 0) is 9.59 Å². The highest BCUT2D eigenvalue weighted by Crippen LogP contribution is 2.09. The molecule has 0 bridgehead atoms. The predicted molar refractivity (Wildman–Crippen MR) is 38.3 cm³/mol. The molecular weight excluding hydrogens is 130 g/mol. The largest absolute Gasteiger partial charge is 0.280 e. The van der Waals surface area contributed by atoms with Crippen molar-refractivity contribution in [2.75, 3.05) is 0 Å². The summed E-state index contributed by atoms with van der Waals surface area (Å²) >= 11 is 0. The van der Waals surface area contributed by atoms with Crippen molar-refractivity contribution in [1.82, 2.24) is 4.90 Å². The Morgan fingerprint density at radius 3 is 1.80 bits per heavy atom. The Kier molecular flexibility index (Phi) is 2.57. The minimum atomic E-state index is -0.395. The van der Waals surface area contributed by atoms with Gasteiger partial charge < -0.3 is 0 Å². The Hall–Kier alpha value is -0.860. The molecule has 0 radical (unpaired) electrons. The fourth-order valence-electron chi connectivity index (χ4n) is 0.705. The van der Waals surface area contributed by atoms with E-state index in [1.807, 2.05) is 20.8 Å². The number of nitrogens with zero attached hydrogens (tertiary/aromatic N) is 1. The fraction of sp³-hybridized carbons (Fsp3) is 0.714. The first-order valence-corrected chi connectivity index (χ1v) is 3.15. The maximum atomic E-state index is 10.7. The van der Waals surface area contributed by atoms with Crippen LogP contribution in [0.1, 0.15) is 27.7 Å². The Labute approximate surface area is 61.0 Å². The molecule has 0 spiro atoms. The van der Waals surface area contributed by atoms with E-state index in [-0.39, 0.29) is 5.91 Å². The molecule has 3 nitrogen and oxygen atoms in total. The number of rotatable bonds is 1. The van der Waals surface area contributed by atoms with E-state index in [1.54, 1.807) is 0 Å². The Balaban J connectivity index is 4.36. The van der Waals surface area contributed by atoms with Crippen molar-refractivity contribution in [3.05, 3.63) is 0 Å². The lowest BCUT2D eigenvalue weighted by Gasteiger charge is -2.28. The second-order valence-corrected chi connectivity index (χ2v) is 3.17. The summed E-state index contributed by atoms with van der Waals surface area (Å²) in [6, 6.07) is 0. The predicted octanol–water partition coefficient (Wildman–Crippen LogP) is 0.790. The molecule has 0 aliphatic carbocycles. The van der Waals surface area contributed by atoms with Crippen LogP contribution in [0, 0.1) is 0 Å². The first-order chi connectivity index (χ1) is 4.39. The van der Waals surface area contributed by atoms with E-state index >= 15 is 0 Å². The molecule has 0 heterocycles.